The highest BCUT2D eigenvalue weighted by Crippen LogP contribution is 2.22. The second-order valence-electron chi connectivity index (χ2n) is 5.62. The molecule has 4 heteroatoms. The average Bonchev–Trinajstić information content (AvgIpc) is 2.66. The van der Waals surface area contributed by atoms with E-state index in [0.717, 1.165) is 16.9 Å². The molecule has 0 unspecified atom stereocenters. The summed E-state index contributed by atoms with van der Waals surface area (Å²) in [4.78, 5) is 12.3. The molecule has 3 aromatic carbocycles. The van der Waals surface area contributed by atoms with E-state index in [1.807, 2.05) is 72.8 Å². The lowest BCUT2D eigenvalue weighted by Crippen LogP contribution is -2.28. The third kappa shape index (κ3) is 4.61. The van der Waals surface area contributed by atoms with Gasteiger partial charge in [0.25, 0.3) is 5.91 Å². The van der Waals surface area contributed by atoms with E-state index in [-0.39, 0.29) is 5.91 Å². The first-order chi connectivity index (χ1) is 12.2. The predicted molar refractivity (Wildman–Crippen MR) is 101 cm³/mol. The number of nitrogens with two attached hydrogens (primary N) is 1. The number of para-hydroxylation sites is 1. The van der Waals surface area contributed by atoms with Gasteiger partial charge in [0.15, 0.2) is 0 Å². The van der Waals surface area contributed by atoms with E-state index in [1.165, 1.54) is 0 Å². The van der Waals surface area contributed by atoms with Crippen molar-refractivity contribution in [3.8, 4) is 16.9 Å². The summed E-state index contributed by atoms with van der Waals surface area (Å²) in [6, 6.07) is 24.6. The topological polar surface area (TPSA) is 64.4 Å². The lowest BCUT2D eigenvalue weighted by atomic mass is 10.0. The van der Waals surface area contributed by atoms with E-state index in [1.54, 1.807) is 6.07 Å². The molecule has 0 saturated heterocycles. The molecule has 0 saturated carbocycles. The normalized spacial score (nSPS) is 10.2. The lowest BCUT2D eigenvalue weighted by molar-refractivity contribution is 0.0947. The first-order valence-corrected chi connectivity index (χ1v) is 8.14. The fourth-order valence-electron chi connectivity index (χ4n) is 2.51. The molecule has 0 fully saturated rings. The highest BCUT2D eigenvalue weighted by molar-refractivity contribution is 5.95. The third-order valence-electron chi connectivity index (χ3n) is 3.74. The fourth-order valence-corrected chi connectivity index (χ4v) is 2.51. The van der Waals surface area contributed by atoms with Gasteiger partial charge in [-0.15, -0.1) is 0 Å². The van der Waals surface area contributed by atoms with Gasteiger partial charge in [-0.2, -0.15) is 0 Å². The molecule has 4 nitrogen and oxygen atoms in total. The molecule has 3 N–H and O–H groups in total. The van der Waals surface area contributed by atoms with Crippen LogP contribution < -0.4 is 15.8 Å². The molecule has 126 valence electrons. The Morgan fingerprint density at radius 3 is 2.36 bits per heavy atom. The van der Waals surface area contributed by atoms with Crippen LogP contribution in [0.25, 0.3) is 11.1 Å². The van der Waals surface area contributed by atoms with Gasteiger partial charge in [0.05, 0.1) is 6.54 Å². The monoisotopic (exact) mass is 332 g/mol. The number of rotatable bonds is 6. The highest BCUT2D eigenvalue weighted by Gasteiger charge is 2.07. The Kier molecular flexibility index (Phi) is 5.32. The number of amides is 1. The minimum atomic E-state index is -0.123. The smallest absolute Gasteiger partial charge is 0.251 e. The molecule has 0 spiro atoms. The molecule has 0 aliphatic heterocycles. The van der Waals surface area contributed by atoms with E-state index in [4.69, 9.17) is 10.5 Å². The van der Waals surface area contributed by atoms with Crippen LogP contribution in [-0.2, 0) is 0 Å². The molecule has 3 rings (SSSR count). The van der Waals surface area contributed by atoms with E-state index >= 15 is 0 Å². The van der Waals surface area contributed by atoms with Crippen molar-refractivity contribution in [1.82, 2.24) is 5.32 Å². The SMILES string of the molecule is Nc1cccc(-c2cccc(C(=O)NCCOc3ccccc3)c2)c1. The number of nitrogens with one attached hydrogen (secondary N) is 1. The third-order valence-corrected chi connectivity index (χ3v) is 3.74. The number of benzene rings is 3. The van der Waals surface area contributed by atoms with Crippen molar-refractivity contribution in [1.29, 1.82) is 0 Å². The van der Waals surface area contributed by atoms with Crippen LogP contribution in [0.1, 0.15) is 10.4 Å². The molecule has 0 heterocycles. The summed E-state index contributed by atoms with van der Waals surface area (Å²) in [6.07, 6.45) is 0. The van der Waals surface area contributed by atoms with Crippen molar-refractivity contribution in [3.05, 3.63) is 84.4 Å². The van der Waals surface area contributed by atoms with Gasteiger partial charge in [-0.25, -0.2) is 0 Å². The first kappa shape index (κ1) is 16.6. The van der Waals surface area contributed by atoms with Gasteiger partial charge in [0.2, 0.25) is 0 Å². The average molecular weight is 332 g/mol. The fraction of sp³-hybridized carbons (Fsp3) is 0.0952. The lowest BCUT2D eigenvalue weighted by Gasteiger charge is -2.09. The Hall–Kier alpha value is -3.27. The van der Waals surface area contributed by atoms with E-state index in [0.29, 0.717) is 24.4 Å². The molecule has 25 heavy (non-hydrogen) atoms. The van der Waals surface area contributed by atoms with Gasteiger partial charge in [0.1, 0.15) is 12.4 Å². The maximum Gasteiger partial charge on any atom is 0.251 e. The standard InChI is InChI=1S/C21H20N2O2/c22-19-9-5-7-17(15-19)16-6-4-8-18(14-16)21(24)23-12-13-25-20-10-2-1-3-11-20/h1-11,14-15H,12-13,22H2,(H,23,24). The van der Waals surface area contributed by atoms with E-state index < -0.39 is 0 Å². The number of nitrogen functional groups attached to an aromatic ring is 1. The summed E-state index contributed by atoms with van der Waals surface area (Å²) in [7, 11) is 0. The second kappa shape index (κ2) is 8.02. The second-order valence-corrected chi connectivity index (χ2v) is 5.62. The largest absolute Gasteiger partial charge is 0.492 e. The van der Waals surface area contributed by atoms with Crippen LogP contribution in [0, 0.1) is 0 Å². The van der Waals surface area contributed by atoms with Crippen LogP contribution in [0.5, 0.6) is 5.75 Å². The first-order valence-electron chi connectivity index (χ1n) is 8.14. The van der Waals surface area contributed by atoms with Gasteiger partial charge in [0, 0.05) is 11.3 Å². The van der Waals surface area contributed by atoms with Crippen LogP contribution in [0.15, 0.2) is 78.9 Å². The van der Waals surface area contributed by atoms with Crippen LogP contribution in [0.2, 0.25) is 0 Å². The Labute approximate surface area is 147 Å². The molecule has 0 radical (unpaired) electrons. The Bertz CT molecular complexity index is 847. The zero-order valence-electron chi connectivity index (χ0n) is 13.8. The van der Waals surface area contributed by atoms with Crippen molar-refractivity contribution in [2.24, 2.45) is 0 Å². The molecular weight excluding hydrogens is 312 g/mol. The van der Waals surface area contributed by atoms with Gasteiger partial charge in [-0.3, -0.25) is 4.79 Å². The summed E-state index contributed by atoms with van der Waals surface area (Å²) in [5, 5.41) is 2.87. The molecule has 1 amide bonds. The molecule has 0 bridgehead atoms. The van der Waals surface area contributed by atoms with Crippen molar-refractivity contribution < 1.29 is 9.53 Å². The zero-order valence-corrected chi connectivity index (χ0v) is 13.8. The Morgan fingerprint density at radius 2 is 1.60 bits per heavy atom. The molecule has 0 atom stereocenters. The van der Waals surface area contributed by atoms with Crippen LogP contribution in [0.4, 0.5) is 5.69 Å². The minimum absolute atomic E-state index is 0.123. The number of carbonyl (C=O) groups excluding carboxylic acids is 1. The van der Waals surface area contributed by atoms with E-state index in [2.05, 4.69) is 5.32 Å². The maximum atomic E-state index is 12.3. The minimum Gasteiger partial charge on any atom is -0.492 e. The summed E-state index contributed by atoms with van der Waals surface area (Å²) in [5.74, 6) is 0.669. The summed E-state index contributed by atoms with van der Waals surface area (Å²) in [5.41, 5.74) is 9.09. The van der Waals surface area contributed by atoms with Crippen molar-refractivity contribution >= 4 is 11.6 Å². The molecule has 0 aromatic heterocycles. The summed E-state index contributed by atoms with van der Waals surface area (Å²) >= 11 is 0. The quantitative estimate of drug-likeness (QED) is 0.534. The predicted octanol–water partition coefficient (Wildman–Crippen LogP) is 3.74. The Balaban J connectivity index is 1.58. The number of ether oxygens (including phenoxy) is 1. The van der Waals surface area contributed by atoms with E-state index in [9.17, 15) is 4.79 Å². The summed E-state index contributed by atoms with van der Waals surface area (Å²) in [6.45, 7) is 0.862. The highest BCUT2D eigenvalue weighted by atomic mass is 16.5. The Morgan fingerprint density at radius 1 is 0.880 bits per heavy atom. The van der Waals surface area contributed by atoms with Crippen LogP contribution in [0.3, 0.4) is 0 Å². The molecular formula is C21H20N2O2. The number of hydrogen-bond donors (Lipinski definition) is 2. The zero-order chi connectivity index (χ0) is 17.5. The van der Waals surface area contributed by atoms with Crippen molar-refractivity contribution in [2.75, 3.05) is 18.9 Å². The van der Waals surface area contributed by atoms with Crippen LogP contribution >= 0.6 is 0 Å². The molecule has 3 aromatic rings. The van der Waals surface area contributed by atoms with Gasteiger partial charge < -0.3 is 15.8 Å². The van der Waals surface area contributed by atoms with Gasteiger partial charge >= 0.3 is 0 Å². The van der Waals surface area contributed by atoms with Crippen molar-refractivity contribution in [3.63, 3.8) is 0 Å². The number of anilines is 1. The summed E-state index contributed by atoms with van der Waals surface area (Å²) < 4.78 is 5.57. The maximum absolute atomic E-state index is 12.3. The molecule has 0 aliphatic rings. The van der Waals surface area contributed by atoms with Crippen LogP contribution in [-0.4, -0.2) is 19.1 Å². The van der Waals surface area contributed by atoms with Gasteiger partial charge in [-0.1, -0.05) is 42.5 Å². The number of hydrogen-bond acceptors (Lipinski definition) is 3. The molecule has 0 aliphatic carbocycles. The number of carbonyl (C=O) groups is 1. The van der Waals surface area contributed by atoms with Crippen molar-refractivity contribution in [2.45, 2.75) is 0 Å². The van der Waals surface area contributed by atoms with Gasteiger partial charge in [-0.05, 0) is 47.5 Å².